The van der Waals surface area contributed by atoms with Crippen LogP contribution in [0.4, 0.5) is 0 Å². The third kappa shape index (κ3) is 1.62. The second-order valence-corrected chi connectivity index (χ2v) is 5.50. The number of thioether (sulfide) groups is 1. The maximum atomic E-state index is 3.56. The zero-order valence-electron chi connectivity index (χ0n) is 8.13. The van der Waals surface area contributed by atoms with Gasteiger partial charge < -0.3 is 0 Å². The average molecular weight is 287 g/mol. The summed E-state index contributed by atoms with van der Waals surface area (Å²) in [5.74, 6) is 0. The molecule has 2 aromatic rings. The van der Waals surface area contributed by atoms with Gasteiger partial charge in [0.2, 0.25) is 0 Å². The maximum absolute atomic E-state index is 3.56. The van der Waals surface area contributed by atoms with Crippen molar-refractivity contribution in [2.75, 3.05) is 6.26 Å². The molecular formula is C11H11BrS2. The first-order chi connectivity index (χ1) is 6.77. The topological polar surface area (TPSA) is 0 Å². The van der Waals surface area contributed by atoms with Gasteiger partial charge in [0.1, 0.15) is 0 Å². The maximum Gasteiger partial charge on any atom is 0.0481 e. The van der Waals surface area contributed by atoms with E-state index in [-0.39, 0.29) is 0 Å². The lowest BCUT2D eigenvalue weighted by Crippen LogP contribution is -1.86. The highest BCUT2D eigenvalue weighted by molar-refractivity contribution is 9.08. The molecule has 0 N–H and O–H groups in total. The van der Waals surface area contributed by atoms with Crippen molar-refractivity contribution in [2.45, 2.75) is 17.1 Å². The molecule has 0 radical (unpaired) electrons. The quantitative estimate of drug-likeness (QED) is 0.563. The molecule has 3 heteroatoms. The molecule has 0 saturated heterocycles. The molecule has 0 aliphatic heterocycles. The molecule has 1 aromatic heterocycles. The van der Waals surface area contributed by atoms with Crippen molar-refractivity contribution in [2.24, 2.45) is 0 Å². The molecule has 1 aromatic carbocycles. The Balaban J connectivity index is 2.81. The van der Waals surface area contributed by atoms with E-state index in [1.54, 1.807) is 0 Å². The number of hydrogen-bond acceptors (Lipinski definition) is 2. The molecule has 0 unspecified atom stereocenters. The highest BCUT2D eigenvalue weighted by Crippen LogP contribution is 2.35. The van der Waals surface area contributed by atoms with Crippen LogP contribution in [-0.4, -0.2) is 6.26 Å². The van der Waals surface area contributed by atoms with Crippen LogP contribution in [0.5, 0.6) is 0 Å². The van der Waals surface area contributed by atoms with Gasteiger partial charge in [-0.2, -0.15) is 0 Å². The fourth-order valence-electron chi connectivity index (χ4n) is 1.63. The van der Waals surface area contributed by atoms with Crippen molar-refractivity contribution in [1.29, 1.82) is 0 Å². The zero-order valence-corrected chi connectivity index (χ0v) is 11.4. The van der Waals surface area contributed by atoms with E-state index in [2.05, 4.69) is 46.6 Å². The summed E-state index contributed by atoms with van der Waals surface area (Å²) in [6, 6.07) is 4.52. The van der Waals surface area contributed by atoms with Crippen molar-refractivity contribution in [3.8, 4) is 0 Å². The molecular weight excluding hydrogens is 276 g/mol. The van der Waals surface area contributed by atoms with E-state index in [4.69, 9.17) is 0 Å². The summed E-state index contributed by atoms with van der Waals surface area (Å²) in [6.45, 7) is 2.19. The van der Waals surface area contributed by atoms with E-state index in [0.29, 0.717) is 0 Å². The first-order valence-electron chi connectivity index (χ1n) is 4.37. The van der Waals surface area contributed by atoms with Crippen LogP contribution in [-0.2, 0) is 5.33 Å². The first kappa shape index (κ1) is 10.5. The van der Waals surface area contributed by atoms with Crippen molar-refractivity contribution in [3.63, 3.8) is 0 Å². The van der Waals surface area contributed by atoms with Crippen LogP contribution in [0.1, 0.15) is 11.1 Å². The van der Waals surface area contributed by atoms with E-state index >= 15 is 0 Å². The second-order valence-electron chi connectivity index (χ2n) is 3.17. The standard InChI is InChI=1S/C11H11BrS2/c1-7-5-10(13-2)11-8(3-4-14-11)9(7)6-12/h3-5H,6H2,1-2H3. The summed E-state index contributed by atoms with van der Waals surface area (Å²) >= 11 is 7.22. The molecule has 0 atom stereocenters. The molecule has 0 aliphatic carbocycles. The summed E-state index contributed by atoms with van der Waals surface area (Å²) in [7, 11) is 0. The number of fused-ring (bicyclic) bond motifs is 1. The zero-order chi connectivity index (χ0) is 10.1. The highest BCUT2D eigenvalue weighted by atomic mass is 79.9. The van der Waals surface area contributed by atoms with Gasteiger partial charge in [0.05, 0.1) is 0 Å². The Morgan fingerprint density at radius 2 is 2.29 bits per heavy atom. The average Bonchev–Trinajstić information content (AvgIpc) is 2.65. The molecule has 0 aliphatic rings. The van der Waals surface area contributed by atoms with E-state index < -0.39 is 0 Å². The van der Waals surface area contributed by atoms with Gasteiger partial charge in [0.25, 0.3) is 0 Å². The fourth-order valence-corrected chi connectivity index (χ4v) is 4.19. The van der Waals surface area contributed by atoms with Crippen molar-refractivity contribution in [3.05, 3.63) is 28.6 Å². The van der Waals surface area contributed by atoms with Crippen LogP contribution < -0.4 is 0 Å². The van der Waals surface area contributed by atoms with Crippen molar-refractivity contribution >= 4 is 49.1 Å². The summed E-state index contributed by atoms with van der Waals surface area (Å²) in [5.41, 5.74) is 2.82. The van der Waals surface area contributed by atoms with Crippen LogP contribution in [0.3, 0.4) is 0 Å². The van der Waals surface area contributed by atoms with E-state index in [0.717, 1.165) is 5.33 Å². The number of aryl methyl sites for hydroxylation is 1. The molecule has 0 saturated carbocycles. The lowest BCUT2D eigenvalue weighted by Gasteiger charge is -2.07. The van der Waals surface area contributed by atoms with Gasteiger partial charge >= 0.3 is 0 Å². The van der Waals surface area contributed by atoms with Gasteiger partial charge in [-0.05, 0) is 47.2 Å². The van der Waals surface area contributed by atoms with E-state index in [9.17, 15) is 0 Å². The lowest BCUT2D eigenvalue weighted by molar-refractivity contribution is 1.33. The number of halogens is 1. The number of benzene rings is 1. The minimum absolute atomic E-state index is 0.945. The number of rotatable bonds is 2. The molecule has 0 nitrogen and oxygen atoms in total. The predicted molar refractivity (Wildman–Crippen MR) is 71.0 cm³/mol. The first-order valence-corrected chi connectivity index (χ1v) is 7.60. The van der Waals surface area contributed by atoms with Gasteiger partial charge in [-0.3, -0.25) is 0 Å². The molecule has 74 valence electrons. The second kappa shape index (κ2) is 4.25. The molecule has 0 spiro atoms. The normalized spacial score (nSPS) is 11.1. The van der Waals surface area contributed by atoms with Crippen molar-refractivity contribution in [1.82, 2.24) is 0 Å². The summed E-state index contributed by atoms with van der Waals surface area (Å²) in [6.07, 6.45) is 2.14. The Labute approximate surface area is 101 Å². The highest BCUT2D eigenvalue weighted by Gasteiger charge is 2.09. The third-order valence-electron chi connectivity index (χ3n) is 2.39. The van der Waals surface area contributed by atoms with E-state index in [1.807, 2.05) is 23.1 Å². The third-order valence-corrected chi connectivity index (χ3v) is 4.79. The smallest absolute Gasteiger partial charge is 0.0481 e. The summed E-state index contributed by atoms with van der Waals surface area (Å²) in [4.78, 5) is 1.40. The SMILES string of the molecule is CSc1cc(C)c(CBr)c2ccsc12. The molecule has 0 amide bonds. The minimum atomic E-state index is 0.945. The van der Waals surface area contributed by atoms with Gasteiger partial charge in [-0.25, -0.2) is 0 Å². The van der Waals surface area contributed by atoms with Crippen LogP contribution in [0.25, 0.3) is 10.1 Å². The predicted octanol–water partition coefficient (Wildman–Crippen LogP) is 4.83. The lowest BCUT2D eigenvalue weighted by atomic mass is 10.1. The Morgan fingerprint density at radius 3 is 2.93 bits per heavy atom. The largest absolute Gasteiger partial charge is 0.143 e. The van der Waals surface area contributed by atoms with Gasteiger partial charge in [-0.15, -0.1) is 23.1 Å². The molecule has 2 rings (SSSR count). The Kier molecular flexibility index (Phi) is 3.20. The molecule has 0 fully saturated rings. The van der Waals surface area contributed by atoms with Crippen LogP contribution >= 0.6 is 39.0 Å². The number of hydrogen-bond donors (Lipinski definition) is 0. The summed E-state index contributed by atoms with van der Waals surface area (Å²) in [5, 5.41) is 4.53. The number of thiophene rings is 1. The minimum Gasteiger partial charge on any atom is -0.143 e. The Morgan fingerprint density at radius 1 is 1.50 bits per heavy atom. The Hall–Kier alpha value is 0.01000. The monoisotopic (exact) mass is 286 g/mol. The van der Waals surface area contributed by atoms with Crippen LogP contribution in [0.2, 0.25) is 0 Å². The molecule has 14 heavy (non-hydrogen) atoms. The van der Waals surface area contributed by atoms with Crippen LogP contribution in [0.15, 0.2) is 22.4 Å². The van der Waals surface area contributed by atoms with Crippen LogP contribution in [0, 0.1) is 6.92 Å². The molecule has 1 heterocycles. The van der Waals surface area contributed by atoms with Gasteiger partial charge in [0, 0.05) is 14.9 Å². The van der Waals surface area contributed by atoms with Gasteiger partial charge in [0.15, 0.2) is 0 Å². The summed E-state index contributed by atoms with van der Waals surface area (Å²) < 4.78 is 1.43. The van der Waals surface area contributed by atoms with E-state index in [1.165, 1.54) is 26.1 Å². The Bertz CT molecular complexity index is 460. The number of alkyl halides is 1. The molecule has 0 bridgehead atoms. The van der Waals surface area contributed by atoms with Crippen molar-refractivity contribution < 1.29 is 0 Å². The fraction of sp³-hybridized carbons (Fsp3) is 0.273. The van der Waals surface area contributed by atoms with Gasteiger partial charge in [-0.1, -0.05) is 15.9 Å².